The van der Waals surface area contributed by atoms with Crippen molar-refractivity contribution in [1.29, 1.82) is 0 Å². The van der Waals surface area contributed by atoms with Gasteiger partial charge in [0.15, 0.2) is 0 Å². The first kappa shape index (κ1) is 15.1. The van der Waals surface area contributed by atoms with Crippen LogP contribution >= 0.6 is 0 Å². The average Bonchev–Trinajstić information content (AvgIpc) is 3.23. The van der Waals surface area contributed by atoms with Crippen LogP contribution in [0.4, 0.5) is 0 Å². The molecule has 3 heterocycles. The highest BCUT2D eigenvalue weighted by molar-refractivity contribution is 5.93. The average molecular weight is 316 g/mol. The lowest BCUT2D eigenvalue weighted by Crippen LogP contribution is -2.42. The van der Waals surface area contributed by atoms with Crippen LogP contribution in [-0.2, 0) is 11.3 Å². The number of aliphatic hydroxyl groups is 1. The highest BCUT2D eigenvalue weighted by Gasteiger charge is 2.40. The summed E-state index contributed by atoms with van der Waals surface area (Å²) in [4.78, 5) is 14.0. The Hall–Kier alpha value is -1.43. The second-order valence-electron chi connectivity index (χ2n) is 7.19. The van der Waals surface area contributed by atoms with Gasteiger partial charge in [-0.15, -0.1) is 0 Å². The minimum absolute atomic E-state index is 0.252. The molecule has 23 heavy (non-hydrogen) atoms. The van der Waals surface area contributed by atoms with Gasteiger partial charge < -0.3 is 15.2 Å². The Morgan fingerprint density at radius 2 is 2.30 bits per heavy atom. The lowest BCUT2D eigenvalue weighted by molar-refractivity contribution is 0.0535. The van der Waals surface area contributed by atoms with Crippen LogP contribution in [0, 0.1) is 6.92 Å². The molecule has 124 valence electrons. The molecular formula is C18H24N2O3. The fraction of sp³-hybridized carbons (Fsp3) is 0.611. The van der Waals surface area contributed by atoms with Crippen LogP contribution in [-0.4, -0.2) is 47.7 Å². The molecule has 0 radical (unpaired) electrons. The maximum absolute atomic E-state index is 11.6. The molecule has 1 spiro atoms. The van der Waals surface area contributed by atoms with E-state index in [1.54, 1.807) is 6.07 Å². The first-order chi connectivity index (χ1) is 11.1. The van der Waals surface area contributed by atoms with Gasteiger partial charge in [0.25, 0.3) is 0 Å². The monoisotopic (exact) mass is 316 g/mol. The largest absolute Gasteiger partial charge is 0.457 e. The molecule has 0 aliphatic carbocycles. The van der Waals surface area contributed by atoms with Gasteiger partial charge in [-0.25, -0.2) is 4.79 Å². The van der Waals surface area contributed by atoms with Crippen molar-refractivity contribution >= 4 is 5.97 Å². The van der Waals surface area contributed by atoms with Crippen molar-refractivity contribution in [3.05, 3.63) is 34.4 Å². The number of likely N-dealkylation sites (tertiary alicyclic amines) is 1. The highest BCUT2D eigenvalue weighted by Crippen LogP contribution is 2.33. The first-order valence-corrected chi connectivity index (χ1v) is 8.53. The van der Waals surface area contributed by atoms with E-state index in [1.165, 1.54) is 19.3 Å². The van der Waals surface area contributed by atoms with E-state index in [4.69, 9.17) is 4.74 Å². The number of aliphatic hydroxyl groups excluding tert-OH is 1. The van der Waals surface area contributed by atoms with Crippen molar-refractivity contribution in [3.8, 4) is 0 Å². The Bertz CT molecular complexity index is 637. The number of β-amino-alcohol motifs (C(OH)–C–C–N with tert-alkyl or cyclic N) is 1. The van der Waals surface area contributed by atoms with Crippen molar-refractivity contribution in [2.75, 3.05) is 26.2 Å². The van der Waals surface area contributed by atoms with Crippen molar-refractivity contribution in [2.24, 2.45) is 0 Å². The molecule has 0 bridgehead atoms. The molecular weight excluding hydrogens is 292 g/mol. The molecule has 5 nitrogen and oxygen atoms in total. The maximum atomic E-state index is 11.6. The van der Waals surface area contributed by atoms with E-state index in [0.717, 1.165) is 36.3 Å². The minimum atomic E-state index is -0.521. The third kappa shape index (κ3) is 2.57. The quantitative estimate of drug-likeness (QED) is 0.828. The Morgan fingerprint density at radius 3 is 3.09 bits per heavy atom. The van der Waals surface area contributed by atoms with Gasteiger partial charge in [-0.3, -0.25) is 4.90 Å². The van der Waals surface area contributed by atoms with Crippen molar-refractivity contribution in [1.82, 2.24) is 10.2 Å². The SMILES string of the molecule is Cc1c([C@@H](O)CN2CCC3(CCCN3)C2)ccc2c1COC2=O. The van der Waals surface area contributed by atoms with Crippen LogP contribution in [0.25, 0.3) is 0 Å². The number of carbonyl (C=O) groups is 1. The Balaban J connectivity index is 1.48. The van der Waals surface area contributed by atoms with E-state index < -0.39 is 6.10 Å². The zero-order valence-corrected chi connectivity index (χ0v) is 13.6. The van der Waals surface area contributed by atoms with Crippen LogP contribution in [0.3, 0.4) is 0 Å². The number of esters is 1. The summed E-state index contributed by atoms with van der Waals surface area (Å²) in [6.07, 6.45) is 3.16. The molecule has 1 aromatic carbocycles. The molecule has 0 saturated carbocycles. The van der Waals surface area contributed by atoms with Crippen LogP contribution in [0.15, 0.2) is 12.1 Å². The number of nitrogens with zero attached hydrogens (tertiary/aromatic N) is 1. The molecule has 2 saturated heterocycles. The number of ether oxygens (including phenoxy) is 1. The molecule has 2 N–H and O–H groups in total. The topological polar surface area (TPSA) is 61.8 Å². The van der Waals surface area contributed by atoms with E-state index in [1.807, 2.05) is 13.0 Å². The van der Waals surface area contributed by atoms with E-state index >= 15 is 0 Å². The van der Waals surface area contributed by atoms with E-state index in [9.17, 15) is 9.90 Å². The number of cyclic esters (lactones) is 1. The summed E-state index contributed by atoms with van der Waals surface area (Å²) in [5.41, 5.74) is 3.78. The number of carbonyl (C=O) groups excluding carboxylic acids is 1. The van der Waals surface area contributed by atoms with Gasteiger partial charge in [-0.05, 0) is 49.9 Å². The summed E-state index contributed by atoms with van der Waals surface area (Å²) in [5.74, 6) is -0.252. The zero-order chi connectivity index (χ0) is 16.0. The molecule has 3 aliphatic rings. The van der Waals surface area contributed by atoms with Crippen molar-refractivity contribution in [2.45, 2.75) is 44.4 Å². The third-order valence-corrected chi connectivity index (χ3v) is 5.76. The fourth-order valence-electron chi connectivity index (χ4n) is 4.40. The zero-order valence-electron chi connectivity index (χ0n) is 13.6. The number of hydrogen-bond donors (Lipinski definition) is 2. The summed E-state index contributed by atoms with van der Waals surface area (Å²) >= 11 is 0. The second kappa shape index (κ2) is 5.58. The van der Waals surface area contributed by atoms with Gasteiger partial charge in [0.05, 0.1) is 11.7 Å². The first-order valence-electron chi connectivity index (χ1n) is 8.53. The number of benzene rings is 1. The summed E-state index contributed by atoms with van der Waals surface area (Å²) in [5, 5.41) is 14.4. The predicted octanol–water partition coefficient (Wildman–Crippen LogP) is 1.53. The van der Waals surface area contributed by atoms with Gasteiger partial charge in [0.2, 0.25) is 0 Å². The van der Waals surface area contributed by atoms with Gasteiger partial charge in [-0.2, -0.15) is 0 Å². The Kier molecular flexibility index (Phi) is 3.67. The smallest absolute Gasteiger partial charge is 0.338 e. The molecule has 2 fully saturated rings. The van der Waals surface area contributed by atoms with E-state index in [-0.39, 0.29) is 11.5 Å². The molecule has 0 aromatic heterocycles. The molecule has 1 unspecified atom stereocenters. The summed E-state index contributed by atoms with van der Waals surface area (Å²) in [7, 11) is 0. The number of nitrogens with one attached hydrogen (secondary N) is 1. The lowest BCUT2D eigenvalue weighted by atomic mass is 9.95. The summed E-state index contributed by atoms with van der Waals surface area (Å²) in [6, 6.07) is 3.67. The fourth-order valence-corrected chi connectivity index (χ4v) is 4.40. The predicted molar refractivity (Wildman–Crippen MR) is 86.3 cm³/mol. The third-order valence-electron chi connectivity index (χ3n) is 5.76. The minimum Gasteiger partial charge on any atom is -0.457 e. The second-order valence-corrected chi connectivity index (χ2v) is 7.19. The van der Waals surface area contributed by atoms with Gasteiger partial charge in [0.1, 0.15) is 6.61 Å². The van der Waals surface area contributed by atoms with Gasteiger partial charge >= 0.3 is 5.97 Å². The van der Waals surface area contributed by atoms with Crippen molar-refractivity contribution < 1.29 is 14.6 Å². The van der Waals surface area contributed by atoms with Crippen LogP contribution in [0.5, 0.6) is 0 Å². The number of rotatable bonds is 3. The van der Waals surface area contributed by atoms with Crippen LogP contribution in [0.2, 0.25) is 0 Å². The highest BCUT2D eigenvalue weighted by atomic mass is 16.5. The molecule has 4 rings (SSSR count). The molecule has 1 aromatic rings. The summed E-state index contributed by atoms with van der Waals surface area (Å²) < 4.78 is 5.10. The van der Waals surface area contributed by atoms with Crippen molar-refractivity contribution in [3.63, 3.8) is 0 Å². The normalized spacial score (nSPS) is 28.3. The standard InChI is InChI=1S/C18H24N2O3/c1-12-13(3-4-14-15(12)10-23-17(14)22)16(21)9-20-8-6-18(11-20)5-2-7-19-18/h3-4,16,19,21H,2,5-11H2,1H3/t16-,18?/m0/s1. The van der Waals surface area contributed by atoms with Gasteiger partial charge in [-0.1, -0.05) is 6.07 Å². The van der Waals surface area contributed by atoms with E-state index in [0.29, 0.717) is 18.7 Å². The van der Waals surface area contributed by atoms with E-state index in [2.05, 4.69) is 10.2 Å². The van der Waals surface area contributed by atoms with Crippen LogP contribution < -0.4 is 5.32 Å². The number of hydrogen-bond acceptors (Lipinski definition) is 5. The maximum Gasteiger partial charge on any atom is 0.338 e. The van der Waals surface area contributed by atoms with Gasteiger partial charge in [0, 0.05) is 30.7 Å². The lowest BCUT2D eigenvalue weighted by Gasteiger charge is -2.26. The molecule has 5 heteroatoms. The van der Waals surface area contributed by atoms with Crippen LogP contribution in [0.1, 0.15) is 52.4 Å². The molecule has 3 aliphatic heterocycles. The Morgan fingerprint density at radius 1 is 1.43 bits per heavy atom. The number of fused-ring (bicyclic) bond motifs is 1. The molecule has 2 atom stereocenters. The summed E-state index contributed by atoms with van der Waals surface area (Å²) in [6.45, 7) is 6.14. The Labute approximate surface area is 136 Å². The molecule has 0 amide bonds.